The van der Waals surface area contributed by atoms with Gasteiger partial charge in [-0.15, -0.1) is 0 Å². The highest BCUT2D eigenvalue weighted by Crippen LogP contribution is 2.06. The Hall–Kier alpha value is -2.96. The lowest BCUT2D eigenvalue weighted by molar-refractivity contribution is -0.121. The second-order valence-electron chi connectivity index (χ2n) is 6.38. The first-order valence-corrected chi connectivity index (χ1v) is 8.78. The van der Waals surface area contributed by atoms with Crippen molar-refractivity contribution in [2.45, 2.75) is 39.7 Å². The molecular formula is C19H23N5O2. The standard InChI is InChI=1S/C19H23N5O2/c1-13-12-14(2)24(23-13)11-5-10-20-18(25)9-8-17-21-16-7-4-3-6-15(16)19(26)22-17/h3-4,6-7,12H,5,8-11H2,1-2H3,(H,20,25)(H,21,22,26). The van der Waals surface area contributed by atoms with E-state index in [2.05, 4.69) is 20.4 Å². The van der Waals surface area contributed by atoms with Gasteiger partial charge in [0.1, 0.15) is 5.82 Å². The third-order valence-corrected chi connectivity index (χ3v) is 4.22. The molecule has 0 aliphatic carbocycles. The molecule has 0 aliphatic heterocycles. The molecule has 7 nitrogen and oxygen atoms in total. The first kappa shape index (κ1) is 17.8. The molecule has 7 heteroatoms. The molecule has 3 aromatic rings. The molecule has 26 heavy (non-hydrogen) atoms. The van der Waals surface area contributed by atoms with E-state index in [0.29, 0.717) is 36.1 Å². The average Bonchev–Trinajstić information content (AvgIpc) is 2.94. The summed E-state index contributed by atoms with van der Waals surface area (Å²) in [6.45, 7) is 5.37. The molecule has 0 unspecified atom stereocenters. The van der Waals surface area contributed by atoms with Crippen LogP contribution in [0.2, 0.25) is 0 Å². The molecule has 136 valence electrons. The van der Waals surface area contributed by atoms with Gasteiger partial charge in [0.15, 0.2) is 0 Å². The molecule has 0 bridgehead atoms. The van der Waals surface area contributed by atoms with Gasteiger partial charge in [0.25, 0.3) is 5.56 Å². The summed E-state index contributed by atoms with van der Waals surface area (Å²) in [5, 5.41) is 7.86. The van der Waals surface area contributed by atoms with E-state index < -0.39 is 0 Å². The Balaban J connectivity index is 1.45. The van der Waals surface area contributed by atoms with Gasteiger partial charge in [-0.1, -0.05) is 12.1 Å². The van der Waals surface area contributed by atoms with Gasteiger partial charge in [-0.2, -0.15) is 5.10 Å². The first-order chi connectivity index (χ1) is 12.5. The maximum Gasteiger partial charge on any atom is 0.258 e. The molecule has 0 saturated heterocycles. The number of carbonyl (C=O) groups excluding carboxylic acids is 1. The zero-order valence-electron chi connectivity index (χ0n) is 15.1. The van der Waals surface area contributed by atoms with E-state index in [-0.39, 0.29) is 11.5 Å². The fourth-order valence-corrected chi connectivity index (χ4v) is 2.93. The lowest BCUT2D eigenvalue weighted by Gasteiger charge is -2.07. The minimum absolute atomic E-state index is 0.0471. The van der Waals surface area contributed by atoms with E-state index in [1.807, 2.05) is 30.7 Å². The minimum atomic E-state index is -0.170. The Labute approximate surface area is 151 Å². The van der Waals surface area contributed by atoms with Gasteiger partial charge in [-0.25, -0.2) is 4.98 Å². The van der Waals surface area contributed by atoms with Crippen LogP contribution >= 0.6 is 0 Å². The average molecular weight is 353 g/mol. The second-order valence-corrected chi connectivity index (χ2v) is 6.38. The number of fused-ring (bicyclic) bond motifs is 1. The number of aryl methyl sites for hydroxylation is 4. The Morgan fingerprint density at radius 1 is 1.27 bits per heavy atom. The highest BCUT2D eigenvalue weighted by molar-refractivity contribution is 5.78. The highest BCUT2D eigenvalue weighted by atomic mass is 16.1. The number of para-hydroxylation sites is 1. The molecule has 1 aromatic carbocycles. The summed E-state index contributed by atoms with van der Waals surface area (Å²) < 4.78 is 1.95. The summed E-state index contributed by atoms with van der Waals surface area (Å²) in [6.07, 6.45) is 1.52. The van der Waals surface area contributed by atoms with E-state index in [0.717, 1.165) is 24.4 Å². The lowest BCUT2D eigenvalue weighted by atomic mass is 10.2. The Kier molecular flexibility index (Phi) is 5.46. The SMILES string of the molecule is Cc1cc(C)n(CCCNC(=O)CCc2nc3ccccc3c(=O)[nH]2)n1. The molecule has 0 aliphatic rings. The van der Waals surface area contributed by atoms with Crippen LogP contribution in [0.15, 0.2) is 35.1 Å². The van der Waals surface area contributed by atoms with Crippen molar-refractivity contribution in [1.82, 2.24) is 25.1 Å². The molecule has 2 aromatic heterocycles. The Morgan fingerprint density at radius 3 is 2.85 bits per heavy atom. The van der Waals surface area contributed by atoms with Crippen LogP contribution in [0.3, 0.4) is 0 Å². The number of nitrogens with one attached hydrogen (secondary N) is 2. The molecule has 2 N–H and O–H groups in total. The fourth-order valence-electron chi connectivity index (χ4n) is 2.93. The van der Waals surface area contributed by atoms with Gasteiger partial charge >= 0.3 is 0 Å². The van der Waals surface area contributed by atoms with Crippen LogP contribution in [0.25, 0.3) is 10.9 Å². The molecule has 3 rings (SSSR count). The minimum Gasteiger partial charge on any atom is -0.356 e. The van der Waals surface area contributed by atoms with Crippen molar-refractivity contribution in [2.75, 3.05) is 6.54 Å². The van der Waals surface area contributed by atoms with Gasteiger partial charge in [0.05, 0.1) is 16.6 Å². The van der Waals surface area contributed by atoms with Crippen molar-refractivity contribution in [3.8, 4) is 0 Å². The number of aromatic nitrogens is 4. The molecule has 0 atom stereocenters. The number of carbonyl (C=O) groups is 1. The molecule has 0 fully saturated rings. The van der Waals surface area contributed by atoms with E-state index in [9.17, 15) is 9.59 Å². The summed E-state index contributed by atoms with van der Waals surface area (Å²) in [6, 6.07) is 9.22. The van der Waals surface area contributed by atoms with Crippen LogP contribution in [0.1, 0.15) is 30.1 Å². The molecule has 0 spiro atoms. The molecule has 1 amide bonds. The van der Waals surface area contributed by atoms with E-state index in [1.54, 1.807) is 18.2 Å². The number of rotatable bonds is 7. The third kappa shape index (κ3) is 4.36. The summed E-state index contributed by atoms with van der Waals surface area (Å²) >= 11 is 0. The van der Waals surface area contributed by atoms with Gasteiger partial charge in [-0.3, -0.25) is 14.3 Å². The van der Waals surface area contributed by atoms with Crippen LogP contribution in [0.4, 0.5) is 0 Å². The van der Waals surface area contributed by atoms with Crippen molar-refractivity contribution < 1.29 is 4.79 Å². The van der Waals surface area contributed by atoms with Crippen molar-refractivity contribution in [3.05, 3.63) is 57.9 Å². The quantitative estimate of drug-likeness (QED) is 0.634. The van der Waals surface area contributed by atoms with Gasteiger partial charge in [0.2, 0.25) is 5.91 Å². The topological polar surface area (TPSA) is 92.7 Å². The van der Waals surface area contributed by atoms with Crippen LogP contribution < -0.4 is 10.9 Å². The van der Waals surface area contributed by atoms with Crippen LogP contribution in [0, 0.1) is 13.8 Å². The molecule has 2 heterocycles. The largest absolute Gasteiger partial charge is 0.356 e. The number of benzene rings is 1. The Bertz CT molecular complexity index is 973. The zero-order valence-corrected chi connectivity index (χ0v) is 15.1. The monoisotopic (exact) mass is 353 g/mol. The van der Waals surface area contributed by atoms with E-state index in [1.165, 1.54) is 0 Å². The van der Waals surface area contributed by atoms with Crippen LogP contribution in [-0.2, 0) is 17.8 Å². The smallest absolute Gasteiger partial charge is 0.258 e. The second kappa shape index (κ2) is 7.95. The first-order valence-electron chi connectivity index (χ1n) is 8.78. The van der Waals surface area contributed by atoms with Crippen LogP contribution in [0.5, 0.6) is 0 Å². The van der Waals surface area contributed by atoms with Crippen LogP contribution in [-0.4, -0.2) is 32.2 Å². The fraction of sp³-hybridized carbons (Fsp3) is 0.368. The summed E-state index contributed by atoms with van der Waals surface area (Å²) in [4.78, 5) is 31.2. The highest BCUT2D eigenvalue weighted by Gasteiger charge is 2.07. The number of aromatic amines is 1. The van der Waals surface area contributed by atoms with Gasteiger partial charge in [0, 0.05) is 31.6 Å². The molecule has 0 radical (unpaired) electrons. The van der Waals surface area contributed by atoms with E-state index >= 15 is 0 Å². The molecule has 0 saturated carbocycles. The van der Waals surface area contributed by atoms with Crippen molar-refractivity contribution in [2.24, 2.45) is 0 Å². The zero-order chi connectivity index (χ0) is 18.5. The number of amides is 1. The normalized spacial score (nSPS) is 11.0. The maximum absolute atomic E-state index is 12.0. The number of hydrogen-bond acceptors (Lipinski definition) is 4. The molecular weight excluding hydrogens is 330 g/mol. The number of H-pyrrole nitrogens is 1. The van der Waals surface area contributed by atoms with Crippen molar-refractivity contribution >= 4 is 16.8 Å². The summed E-state index contributed by atoms with van der Waals surface area (Å²) in [5.41, 5.74) is 2.61. The van der Waals surface area contributed by atoms with Gasteiger partial charge < -0.3 is 10.3 Å². The lowest BCUT2D eigenvalue weighted by Crippen LogP contribution is -2.26. The Morgan fingerprint density at radius 2 is 2.08 bits per heavy atom. The van der Waals surface area contributed by atoms with Crippen molar-refractivity contribution in [3.63, 3.8) is 0 Å². The summed E-state index contributed by atoms with van der Waals surface area (Å²) in [5.74, 6) is 0.487. The predicted octanol–water partition coefficient (Wildman–Crippen LogP) is 1.88. The third-order valence-electron chi connectivity index (χ3n) is 4.22. The summed E-state index contributed by atoms with van der Waals surface area (Å²) in [7, 11) is 0. The number of hydrogen-bond donors (Lipinski definition) is 2. The maximum atomic E-state index is 12.0. The van der Waals surface area contributed by atoms with Gasteiger partial charge in [-0.05, 0) is 38.5 Å². The van der Waals surface area contributed by atoms with E-state index in [4.69, 9.17) is 0 Å². The number of nitrogens with zero attached hydrogens (tertiary/aromatic N) is 3. The van der Waals surface area contributed by atoms with Crippen molar-refractivity contribution in [1.29, 1.82) is 0 Å². The predicted molar refractivity (Wildman–Crippen MR) is 100 cm³/mol.